The largest absolute Gasteiger partial charge is 0.359 e. The van der Waals surface area contributed by atoms with E-state index in [1.165, 1.54) is 12.8 Å². The summed E-state index contributed by atoms with van der Waals surface area (Å²) in [7, 11) is 1.94. The van der Waals surface area contributed by atoms with E-state index in [4.69, 9.17) is 4.52 Å². The molecule has 0 amide bonds. The lowest BCUT2D eigenvalue weighted by atomic mass is 10.1. The maximum atomic E-state index is 5.49. The SMILES string of the molecule is Cc1c(-c2cc(CNC3C4CC5C(C4)C53)on2)cnn1C. The first-order valence-electron chi connectivity index (χ1n) is 7.90. The van der Waals surface area contributed by atoms with Crippen LogP contribution in [0.15, 0.2) is 16.8 Å². The van der Waals surface area contributed by atoms with Gasteiger partial charge >= 0.3 is 0 Å². The van der Waals surface area contributed by atoms with Gasteiger partial charge in [0.1, 0.15) is 5.69 Å². The Balaban J connectivity index is 1.29. The average Bonchev–Trinajstić information content (AvgIpc) is 3.06. The highest BCUT2D eigenvalue weighted by Gasteiger charge is 2.68. The van der Waals surface area contributed by atoms with Crippen molar-refractivity contribution >= 4 is 0 Å². The molecule has 0 saturated heterocycles. The second kappa shape index (κ2) is 3.97. The van der Waals surface area contributed by atoms with Crippen molar-refractivity contribution in [1.29, 1.82) is 0 Å². The molecule has 21 heavy (non-hydrogen) atoms. The van der Waals surface area contributed by atoms with Gasteiger partial charge in [-0.3, -0.25) is 4.68 Å². The van der Waals surface area contributed by atoms with Crippen molar-refractivity contribution in [3.8, 4) is 11.3 Å². The first-order valence-corrected chi connectivity index (χ1v) is 7.90. The molecular weight excluding hydrogens is 264 g/mol. The first kappa shape index (κ1) is 12.0. The molecule has 4 aliphatic carbocycles. The van der Waals surface area contributed by atoms with Crippen LogP contribution in [0.1, 0.15) is 24.3 Å². The second-order valence-electron chi connectivity index (χ2n) is 6.99. The summed E-state index contributed by atoms with van der Waals surface area (Å²) in [5.41, 5.74) is 3.05. The highest BCUT2D eigenvalue weighted by atomic mass is 16.5. The van der Waals surface area contributed by atoms with Gasteiger partial charge in [0.05, 0.1) is 12.7 Å². The van der Waals surface area contributed by atoms with E-state index in [2.05, 4.69) is 15.6 Å². The molecule has 4 aliphatic rings. The van der Waals surface area contributed by atoms with Crippen LogP contribution in [-0.4, -0.2) is 21.0 Å². The molecule has 2 aromatic heterocycles. The molecule has 6 rings (SSSR count). The molecule has 5 nitrogen and oxygen atoms in total. The fourth-order valence-corrected chi connectivity index (χ4v) is 4.87. The molecule has 0 aliphatic heterocycles. The molecule has 0 aromatic carbocycles. The number of hydrogen-bond acceptors (Lipinski definition) is 4. The molecule has 2 heterocycles. The molecule has 2 aromatic rings. The summed E-state index contributed by atoms with van der Waals surface area (Å²) in [6.07, 6.45) is 4.78. The van der Waals surface area contributed by atoms with Gasteiger partial charge in [-0.25, -0.2) is 0 Å². The van der Waals surface area contributed by atoms with E-state index in [1.807, 2.05) is 30.9 Å². The van der Waals surface area contributed by atoms with E-state index in [1.54, 1.807) is 0 Å². The van der Waals surface area contributed by atoms with Crippen molar-refractivity contribution in [3.05, 3.63) is 23.7 Å². The minimum atomic E-state index is 0.730. The fraction of sp³-hybridized carbons (Fsp3) is 0.625. The highest BCUT2D eigenvalue weighted by molar-refractivity contribution is 5.60. The van der Waals surface area contributed by atoms with E-state index in [-0.39, 0.29) is 0 Å². The summed E-state index contributed by atoms with van der Waals surface area (Å²) in [6.45, 7) is 2.84. The predicted molar refractivity (Wildman–Crippen MR) is 77.3 cm³/mol. The lowest BCUT2D eigenvalue weighted by molar-refractivity contribution is 0.347. The zero-order valence-electron chi connectivity index (χ0n) is 12.4. The number of nitrogens with one attached hydrogen (secondary N) is 1. The standard InChI is InChI=1S/C16H20N4O/c1-8-13(7-18-20(8)2)14-5-10(21-19-14)6-17-16-9-3-11-12(4-9)15(11)16/h5,7,9,11-12,15-17H,3-4,6H2,1-2H3. The Morgan fingerprint density at radius 2 is 2.19 bits per heavy atom. The molecular formula is C16H20N4O. The highest BCUT2D eigenvalue weighted by Crippen LogP contribution is 2.70. The van der Waals surface area contributed by atoms with Crippen LogP contribution in [-0.2, 0) is 13.6 Å². The van der Waals surface area contributed by atoms with E-state index in [0.717, 1.165) is 59.0 Å². The molecule has 3 atom stereocenters. The third-order valence-corrected chi connectivity index (χ3v) is 6.05. The van der Waals surface area contributed by atoms with Gasteiger partial charge in [0.15, 0.2) is 5.76 Å². The molecule has 4 fully saturated rings. The summed E-state index contributed by atoms with van der Waals surface area (Å²) in [5.74, 6) is 4.92. The first-order chi connectivity index (χ1) is 10.2. The van der Waals surface area contributed by atoms with Gasteiger partial charge in [0, 0.05) is 30.4 Å². The number of nitrogens with zero attached hydrogens (tertiary/aromatic N) is 3. The number of hydrogen-bond donors (Lipinski definition) is 1. The molecule has 1 N–H and O–H groups in total. The summed E-state index contributed by atoms with van der Waals surface area (Å²) >= 11 is 0. The van der Waals surface area contributed by atoms with Gasteiger partial charge in [-0.1, -0.05) is 5.16 Å². The van der Waals surface area contributed by atoms with Crippen LogP contribution in [0.25, 0.3) is 11.3 Å². The second-order valence-corrected chi connectivity index (χ2v) is 6.99. The Labute approximate surface area is 123 Å². The number of aryl methyl sites for hydroxylation is 1. The van der Waals surface area contributed by atoms with Crippen LogP contribution >= 0.6 is 0 Å². The maximum absolute atomic E-state index is 5.49. The molecule has 4 bridgehead atoms. The minimum absolute atomic E-state index is 0.730. The molecule has 0 radical (unpaired) electrons. The zero-order chi connectivity index (χ0) is 14.1. The Hall–Kier alpha value is -1.62. The van der Waals surface area contributed by atoms with Gasteiger partial charge in [0.25, 0.3) is 0 Å². The quantitative estimate of drug-likeness (QED) is 0.934. The molecule has 0 spiro atoms. The van der Waals surface area contributed by atoms with Crippen molar-refractivity contribution in [3.63, 3.8) is 0 Å². The average molecular weight is 284 g/mol. The van der Waals surface area contributed by atoms with Gasteiger partial charge in [0.2, 0.25) is 0 Å². The van der Waals surface area contributed by atoms with Crippen molar-refractivity contribution < 1.29 is 4.52 Å². The van der Waals surface area contributed by atoms with Gasteiger partial charge < -0.3 is 9.84 Å². The lowest BCUT2D eigenvalue weighted by Gasteiger charge is -2.15. The fourth-order valence-electron chi connectivity index (χ4n) is 4.87. The minimum Gasteiger partial charge on any atom is -0.359 e. The Bertz CT molecular complexity index is 689. The van der Waals surface area contributed by atoms with Crippen LogP contribution in [0.5, 0.6) is 0 Å². The maximum Gasteiger partial charge on any atom is 0.151 e. The van der Waals surface area contributed by atoms with Gasteiger partial charge in [-0.15, -0.1) is 0 Å². The van der Waals surface area contributed by atoms with E-state index in [0.29, 0.717) is 0 Å². The van der Waals surface area contributed by atoms with Crippen LogP contribution in [0.3, 0.4) is 0 Å². The van der Waals surface area contributed by atoms with Crippen molar-refractivity contribution in [1.82, 2.24) is 20.3 Å². The topological polar surface area (TPSA) is 55.9 Å². The zero-order valence-corrected chi connectivity index (χ0v) is 12.4. The predicted octanol–water partition coefficient (Wildman–Crippen LogP) is 2.13. The normalized spacial score (nSPS) is 35.6. The molecule has 4 saturated carbocycles. The molecule has 3 unspecified atom stereocenters. The molecule has 5 heteroatoms. The summed E-state index contributed by atoms with van der Waals surface area (Å²) < 4.78 is 7.35. The van der Waals surface area contributed by atoms with Crippen LogP contribution in [0.4, 0.5) is 0 Å². The van der Waals surface area contributed by atoms with Gasteiger partial charge in [-0.2, -0.15) is 5.10 Å². The van der Waals surface area contributed by atoms with Crippen molar-refractivity contribution in [2.24, 2.45) is 30.7 Å². The van der Waals surface area contributed by atoms with Crippen molar-refractivity contribution in [2.75, 3.05) is 0 Å². The van der Waals surface area contributed by atoms with Crippen LogP contribution in [0, 0.1) is 30.6 Å². The van der Waals surface area contributed by atoms with Crippen LogP contribution in [0.2, 0.25) is 0 Å². The third-order valence-electron chi connectivity index (χ3n) is 6.05. The van der Waals surface area contributed by atoms with Crippen LogP contribution < -0.4 is 5.32 Å². The lowest BCUT2D eigenvalue weighted by Crippen LogP contribution is -2.31. The Kier molecular flexibility index (Phi) is 2.27. The smallest absolute Gasteiger partial charge is 0.151 e. The van der Waals surface area contributed by atoms with E-state index >= 15 is 0 Å². The number of rotatable bonds is 4. The third kappa shape index (κ3) is 1.61. The number of aromatic nitrogens is 3. The summed E-state index contributed by atoms with van der Waals surface area (Å²) in [4.78, 5) is 0. The van der Waals surface area contributed by atoms with Gasteiger partial charge in [-0.05, 0) is 43.4 Å². The van der Waals surface area contributed by atoms with Crippen molar-refractivity contribution in [2.45, 2.75) is 32.4 Å². The Morgan fingerprint density at radius 3 is 2.81 bits per heavy atom. The Morgan fingerprint density at radius 1 is 1.38 bits per heavy atom. The monoisotopic (exact) mass is 284 g/mol. The summed E-state index contributed by atoms with van der Waals surface area (Å²) in [6, 6.07) is 2.77. The van der Waals surface area contributed by atoms with E-state index in [9.17, 15) is 0 Å². The molecule has 110 valence electrons. The summed E-state index contributed by atoms with van der Waals surface area (Å²) in [5, 5.41) is 12.2. The van der Waals surface area contributed by atoms with E-state index < -0.39 is 0 Å².